The van der Waals surface area contributed by atoms with Crippen LogP contribution in [0.4, 0.5) is 0 Å². The smallest absolute Gasteiger partial charge is 0.224 e. The van der Waals surface area contributed by atoms with Gasteiger partial charge < -0.3 is 9.80 Å². The first kappa shape index (κ1) is 13.0. The van der Waals surface area contributed by atoms with Gasteiger partial charge in [-0.15, -0.1) is 0 Å². The predicted octanol–water partition coefficient (Wildman–Crippen LogP) is 1.26. The van der Waals surface area contributed by atoms with Crippen LogP contribution < -0.4 is 0 Å². The summed E-state index contributed by atoms with van der Waals surface area (Å²) in [5.41, 5.74) is 0. The normalized spacial score (nSPS) is 19.9. The van der Waals surface area contributed by atoms with Crippen LogP contribution in [-0.4, -0.2) is 47.3 Å². The Morgan fingerprint density at radius 2 is 1.94 bits per heavy atom. The molecule has 0 radical (unpaired) electrons. The van der Waals surface area contributed by atoms with Crippen molar-refractivity contribution in [3.05, 3.63) is 0 Å². The van der Waals surface area contributed by atoms with Crippen LogP contribution in [0.1, 0.15) is 40.0 Å². The number of carbonyl (C=O) groups excluding carboxylic acids is 2. The third kappa shape index (κ3) is 2.97. The maximum Gasteiger partial charge on any atom is 0.224 e. The van der Waals surface area contributed by atoms with Gasteiger partial charge in [0, 0.05) is 39.0 Å². The molecular weight excluding hydrogens is 204 g/mol. The first-order valence-corrected chi connectivity index (χ1v) is 6.15. The topological polar surface area (TPSA) is 40.6 Å². The van der Waals surface area contributed by atoms with E-state index in [0.29, 0.717) is 6.42 Å². The van der Waals surface area contributed by atoms with Gasteiger partial charge in [-0.1, -0.05) is 0 Å². The summed E-state index contributed by atoms with van der Waals surface area (Å²) in [6.45, 7) is 7.87. The zero-order valence-electron chi connectivity index (χ0n) is 10.5. The fraction of sp³-hybridized carbons (Fsp3) is 0.833. The lowest BCUT2D eigenvalue weighted by molar-refractivity contribution is -0.134. The molecule has 0 saturated carbocycles. The van der Waals surface area contributed by atoms with Crippen molar-refractivity contribution in [3.63, 3.8) is 0 Å². The third-order valence-corrected chi connectivity index (χ3v) is 3.31. The van der Waals surface area contributed by atoms with Crippen molar-refractivity contribution in [3.8, 4) is 0 Å². The summed E-state index contributed by atoms with van der Waals surface area (Å²) < 4.78 is 0. The summed E-state index contributed by atoms with van der Waals surface area (Å²) in [6, 6.07) is 0.130. The number of rotatable bonds is 4. The fourth-order valence-electron chi connectivity index (χ4n) is 2.37. The Hall–Kier alpha value is -1.06. The molecule has 92 valence electrons. The van der Waals surface area contributed by atoms with Crippen molar-refractivity contribution >= 4 is 11.8 Å². The lowest BCUT2D eigenvalue weighted by Crippen LogP contribution is -2.39. The van der Waals surface area contributed by atoms with Crippen LogP contribution in [0, 0.1) is 0 Å². The highest BCUT2D eigenvalue weighted by molar-refractivity contribution is 5.79. The zero-order valence-corrected chi connectivity index (χ0v) is 10.5. The van der Waals surface area contributed by atoms with Crippen LogP contribution in [-0.2, 0) is 9.59 Å². The van der Waals surface area contributed by atoms with Gasteiger partial charge in [-0.25, -0.2) is 0 Å². The van der Waals surface area contributed by atoms with E-state index in [1.165, 1.54) is 0 Å². The minimum absolute atomic E-state index is 0.0925. The standard InChI is InChI=1S/C12H22N2O2/c1-4-13(5-2)12(16)9-11-7-6-8-14(11)10(3)15/h11H,4-9H2,1-3H3. The first-order valence-electron chi connectivity index (χ1n) is 6.15. The van der Waals surface area contributed by atoms with Crippen molar-refractivity contribution in [2.45, 2.75) is 46.1 Å². The predicted molar refractivity (Wildman–Crippen MR) is 63.0 cm³/mol. The van der Waals surface area contributed by atoms with E-state index in [1.54, 1.807) is 6.92 Å². The van der Waals surface area contributed by atoms with Crippen LogP contribution in [0.2, 0.25) is 0 Å². The van der Waals surface area contributed by atoms with Gasteiger partial charge in [-0.3, -0.25) is 9.59 Å². The summed E-state index contributed by atoms with van der Waals surface area (Å²) in [4.78, 5) is 26.9. The van der Waals surface area contributed by atoms with Crippen LogP contribution in [0.25, 0.3) is 0 Å². The molecule has 1 aliphatic heterocycles. The molecule has 0 bridgehead atoms. The Morgan fingerprint density at radius 1 is 1.31 bits per heavy atom. The molecule has 0 aromatic heterocycles. The van der Waals surface area contributed by atoms with Crippen LogP contribution >= 0.6 is 0 Å². The van der Waals surface area contributed by atoms with E-state index in [9.17, 15) is 9.59 Å². The lowest BCUT2D eigenvalue weighted by atomic mass is 10.1. The first-order chi connectivity index (χ1) is 7.60. The molecule has 4 nitrogen and oxygen atoms in total. The van der Waals surface area contributed by atoms with Gasteiger partial charge in [-0.2, -0.15) is 0 Å². The number of amides is 2. The maximum atomic E-state index is 11.9. The van der Waals surface area contributed by atoms with Gasteiger partial charge >= 0.3 is 0 Å². The molecule has 1 atom stereocenters. The van der Waals surface area contributed by atoms with Crippen molar-refractivity contribution in [2.75, 3.05) is 19.6 Å². The van der Waals surface area contributed by atoms with E-state index in [2.05, 4.69) is 0 Å². The molecule has 1 fully saturated rings. The molecule has 2 amide bonds. The molecule has 1 heterocycles. The summed E-state index contributed by atoms with van der Waals surface area (Å²) >= 11 is 0. The van der Waals surface area contributed by atoms with Crippen molar-refractivity contribution in [1.82, 2.24) is 9.80 Å². The number of hydrogen-bond donors (Lipinski definition) is 0. The minimum Gasteiger partial charge on any atom is -0.343 e. The monoisotopic (exact) mass is 226 g/mol. The molecule has 1 rings (SSSR count). The second kappa shape index (κ2) is 5.87. The molecule has 0 aromatic rings. The number of carbonyl (C=O) groups is 2. The molecule has 4 heteroatoms. The molecule has 0 aliphatic carbocycles. The van der Waals surface area contributed by atoms with Gasteiger partial charge in [0.05, 0.1) is 0 Å². The van der Waals surface area contributed by atoms with Gasteiger partial charge in [0.1, 0.15) is 0 Å². The molecule has 16 heavy (non-hydrogen) atoms. The van der Waals surface area contributed by atoms with Crippen LogP contribution in [0.15, 0.2) is 0 Å². The Kier molecular flexibility index (Phi) is 4.77. The van der Waals surface area contributed by atoms with E-state index >= 15 is 0 Å². The average Bonchev–Trinajstić information content (AvgIpc) is 2.67. The zero-order chi connectivity index (χ0) is 12.1. The number of nitrogens with zero attached hydrogens (tertiary/aromatic N) is 2. The second-order valence-electron chi connectivity index (χ2n) is 4.28. The molecular formula is C12H22N2O2. The highest BCUT2D eigenvalue weighted by Gasteiger charge is 2.29. The highest BCUT2D eigenvalue weighted by Crippen LogP contribution is 2.20. The van der Waals surface area contributed by atoms with Crippen molar-refractivity contribution in [1.29, 1.82) is 0 Å². The third-order valence-electron chi connectivity index (χ3n) is 3.31. The second-order valence-corrected chi connectivity index (χ2v) is 4.28. The lowest BCUT2D eigenvalue weighted by Gasteiger charge is -2.26. The van der Waals surface area contributed by atoms with Crippen LogP contribution in [0.3, 0.4) is 0 Å². The highest BCUT2D eigenvalue weighted by atomic mass is 16.2. The average molecular weight is 226 g/mol. The van der Waals surface area contributed by atoms with Crippen LogP contribution in [0.5, 0.6) is 0 Å². The van der Waals surface area contributed by atoms with Gasteiger partial charge in [0.2, 0.25) is 11.8 Å². The summed E-state index contributed by atoms with van der Waals surface area (Å²) in [6.07, 6.45) is 2.48. The fourth-order valence-corrected chi connectivity index (χ4v) is 2.37. The van der Waals surface area contributed by atoms with Crippen molar-refractivity contribution in [2.24, 2.45) is 0 Å². The van der Waals surface area contributed by atoms with Gasteiger partial charge in [0.15, 0.2) is 0 Å². The number of hydrogen-bond acceptors (Lipinski definition) is 2. The Bertz CT molecular complexity index is 262. The summed E-state index contributed by atoms with van der Waals surface area (Å²) in [5, 5.41) is 0. The van der Waals surface area contributed by atoms with Gasteiger partial charge in [-0.05, 0) is 26.7 Å². The largest absolute Gasteiger partial charge is 0.343 e. The molecule has 1 aliphatic rings. The van der Waals surface area contributed by atoms with E-state index < -0.39 is 0 Å². The number of likely N-dealkylation sites (tertiary alicyclic amines) is 1. The molecule has 1 saturated heterocycles. The summed E-state index contributed by atoms with van der Waals surface area (Å²) in [7, 11) is 0. The van der Waals surface area contributed by atoms with E-state index in [4.69, 9.17) is 0 Å². The van der Waals surface area contributed by atoms with E-state index in [-0.39, 0.29) is 17.9 Å². The quantitative estimate of drug-likeness (QED) is 0.724. The molecule has 1 unspecified atom stereocenters. The van der Waals surface area contributed by atoms with Gasteiger partial charge in [0.25, 0.3) is 0 Å². The molecule has 0 aromatic carbocycles. The maximum absolute atomic E-state index is 11.9. The van der Waals surface area contributed by atoms with E-state index in [0.717, 1.165) is 32.5 Å². The van der Waals surface area contributed by atoms with E-state index in [1.807, 2.05) is 23.6 Å². The molecule has 0 spiro atoms. The van der Waals surface area contributed by atoms with Crippen molar-refractivity contribution < 1.29 is 9.59 Å². The Labute approximate surface area is 97.6 Å². The SMILES string of the molecule is CCN(CC)C(=O)CC1CCCN1C(C)=O. The Morgan fingerprint density at radius 3 is 2.44 bits per heavy atom. The Balaban J connectivity index is 2.53. The minimum atomic E-state index is 0.0925. The molecule has 0 N–H and O–H groups in total. The summed E-state index contributed by atoms with van der Waals surface area (Å²) in [5.74, 6) is 0.262.